The Bertz CT molecular complexity index is 1680. The highest BCUT2D eigenvalue weighted by Crippen LogP contribution is 2.45. The van der Waals surface area contributed by atoms with Gasteiger partial charge in [0.1, 0.15) is 18.9 Å². The van der Waals surface area contributed by atoms with Crippen LogP contribution in [0.2, 0.25) is 0 Å². The van der Waals surface area contributed by atoms with Crippen LogP contribution < -0.4 is 14.2 Å². The Labute approximate surface area is 234 Å². The number of hydrogen-bond donors (Lipinski definition) is 0. The summed E-state index contributed by atoms with van der Waals surface area (Å²) in [6.07, 6.45) is -4.25. The van der Waals surface area contributed by atoms with Crippen molar-refractivity contribution in [1.82, 2.24) is 9.59 Å². The minimum absolute atomic E-state index is 0.00527. The molecule has 0 atom stereocenters. The van der Waals surface area contributed by atoms with Crippen LogP contribution in [0.1, 0.15) is 16.8 Å². The summed E-state index contributed by atoms with van der Waals surface area (Å²) in [6.45, 7) is 0.0209. The number of halogens is 3. The number of hydrogen-bond acceptors (Lipinski definition) is 8. The molecular formula is C28H19F3N4O5S. The van der Waals surface area contributed by atoms with E-state index in [-0.39, 0.29) is 45.6 Å². The minimum Gasteiger partial charge on any atom is -0.618 e. The van der Waals surface area contributed by atoms with Crippen molar-refractivity contribution in [1.29, 1.82) is 0 Å². The smallest absolute Gasteiger partial charge is 0.479 e. The molecule has 2 heterocycles. The number of nitro groups is 1. The van der Waals surface area contributed by atoms with Gasteiger partial charge in [-0.15, -0.1) is 5.10 Å². The quantitative estimate of drug-likeness (QED) is 0.0836. The van der Waals surface area contributed by atoms with E-state index in [0.717, 1.165) is 29.5 Å². The fourth-order valence-electron chi connectivity index (χ4n) is 4.08. The molecule has 0 unspecified atom stereocenters. The van der Waals surface area contributed by atoms with Crippen molar-refractivity contribution in [3.8, 4) is 33.2 Å². The predicted molar refractivity (Wildman–Crippen MR) is 143 cm³/mol. The van der Waals surface area contributed by atoms with Crippen LogP contribution in [0.3, 0.4) is 0 Å². The standard InChI is InChI=1S/C28H19F3N4O5S/c29-28(30,31)27-21(12-7-13-34(27)36)26-24(32-33-41-26)20-14-22(35(37)38)25(40-17-19-10-5-2-6-11-19)23(15-20)39-16-18-8-3-1-4-9-18/h1-15H,16-17H2. The van der Waals surface area contributed by atoms with E-state index in [1.165, 1.54) is 12.1 Å². The first kappa shape index (κ1) is 27.5. The zero-order valence-corrected chi connectivity index (χ0v) is 21.8. The fraction of sp³-hybridized carbons (Fsp3) is 0.107. The average Bonchev–Trinajstić information content (AvgIpc) is 3.45. The van der Waals surface area contributed by atoms with Gasteiger partial charge >= 0.3 is 17.6 Å². The number of ether oxygens (including phenoxy) is 2. The number of rotatable bonds is 9. The van der Waals surface area contributed by atoms with Gasteiger partial charge in [0, 0.05) is 17.7 Å². The van der Waals surface area contributed by atoms with Gasteiger partial charge in [-0.2, -0.15) is 17.9 Å². The van der Waals surface area contributed by atoms with Gasteiger partial charge in [-0.05, 0) is 34.8 Å². The third kappa shape index (κ3) is 6.09. The molecule has 0 spiro atoms. The van der Waals surface area contributed by atoms with E-state index < -0.39 is 28.0 Å². The van der Waals surface area contributed by atoms with E-state index in [1.54, 1.807) is 48.5 Å². The van der Waals surface area contributed by atoms with E-state index in [9.17, 15) is 28.5 Å². The summed E-state index contributed by atoms with van der Waals surface area (Å²) in [5.41, 5.74) is -0.906. The molecule has 13 heteroatoms. The van der Waals surface area contributed by atoms with Crippen molar-refractivity contribution in [3.63, 3.8) is 0 Å². The van der Waals surface area contributed by atoms with Crippen LogP contribution in [0.5, 0.6) is 11.5 Å². The van der Waals surface area contributed by atoms with E-state index in [0.29, 0.717) is 11.5 Å². The topological polar surface area (TPSA) is 114 Å². The fourth-order valence-corrected chi connectivity index (χ4v) is 4.80. The van der Waals surface area contributed by atoms with Crippen molar-refractivity contribution in [2.45, 2.75) is 19.4 Å². The molecule has 0 saturated carbocycles. The maximum Gasteiger partial charge on any atom is 0.479 e. The van der Waals surface area contributed by atoms with Crippen molar-refractivity contribution < 1.29 is 32.3 Å². The Balaban J connectivity index is 1.63. The first-order valence-corrected chi connectivity index (χ1v) is 12.8. The summed E-state index contributed by atoms with van der Waals surface area (Å²) in [7, 11) is 0. The van der Waals surface area contributed by atoms with Gasteiger partial charge in [-0.3, -0.25) is 10.1 Å². The molecule has 0 N–H and O–H groups in total. The first-order chi connectivity index (χ1) is 19.7. The summed E-state index contributed by atoms with van der Waals surface area (Å²) in [4.78, 5) is 11.4. The van der Waals surface area contributed by atoms with Crippen LogP contribution in [0.15, 0.2) is 91.1 Å². The maximum absolute atomic E-state index is 13.8. The third-order valence-corrected chi connectivity index (χ3v) is 6.69. The summed E-state index contributed by atoms with van der Waals surface area (Å²) in [6, 6.07) is 22.8. The van der Waals surface area contributed by atoms with Crippen LogP contribution in [-0.4, -0.2) is 14.5 Å². The van der Waals surface area contributed by atoms with Gasteiger partial charge in [-0.25, -0.2) is 0 Å². The molecule has 3 aromatic carbocycles. The second kappa shape index (κ2) is 11.6. The molecule has 5 aromatic rings. The number of benzene rings is 3. The first-order valence-electron chi connectivity index (χ1n) is 12.0. The monoisotopic (exact) mass is 580 g/mol. The molecule has 0 aliphatic heterocycles. The molecule has 0 aliphatic rings. The summed E-state index contributed by atoms with van der Waals surface area (Å²) >= 11 is 0.623. The van der Waals surface area contributed by atoms with E-state index >= 15 is 0 Å². The lowest BCUT2D eigenvalue weighted by Gasteiger charge is -2.15. The molecule has 0 amide bonds. The molecule has 5 rings (SSSR count). The Kier molecular flexibility index (Phi) is 7.79. The second-order valence-corrected chi connectivity index (χ2v) is 9.43. The Hall–Kier alpha value is -5.04. The highest BCUT2D eigenvalue weighted by molar-refractivity contribution is 7.09. The number of nitro benzene ring substituents is 1. The normalized spacial score (nSPS) is 11.3. The van der Waals surface area contributed by atoms with Crippen LogP contribution in [0.4, 0.5) is 18.9 Å². The Morgan fingerprint density at radius 2 is 1.54 bits per heavy atom. The highest BCUT2D eigenvalue weighted by atomic mass is 32.1. The predicted octanol–water partition coefficient (Wildman–Crippen LogP) is 6.59. The van der Waals surface area contributed by atoms with Crippen LogP contribution in [0, 0.1) is 15.3 Å². The second-order valence-electron chi connectivity index (χ2n) is 8.67. The molecule has 0 radical (unpaired) electrons. The number of nitrogens with zero attached hydrogens (tertiary/aromatic N) is 4. The van der Waals surface area contributed by atoms with E-state index in [2.05, 4.69) is 9.59 Å². The zero-order valence-electron chi connectivity index (χ0n) is 20.9. The van der Waals surface area contributed by atoms with E-state index in [1.807, 2.05) is 12.1 Å². The van der Waals surface area contributed by atoms with Crippen molar-refractivity contribution in [3.05, 3.63) is 123 Å². The van der Waals surface area contributed by atoms with Gasteiger partial charge in [-0.1, -0.05) is 65.2 Å². The SMILES string of the molecule is O=[N+]([O-])c1cc(-c2nnsc2-c2ccc[n+]([O-])c2C(F)(F)F)cc(OCc2ccccc2)c1OCc1ccccc1. The molecule has 2 aromatic heterocycles. The number of alkyl halides is 3. The van der Waals surface area contributed by atoms with Gasteiger partial charge in [0.15, 0.2) is 11.9 Å². The van der Waals surface area contributed by atoms with Gasteiger partial charge in [0.05, 0.1) is 15.4 Å². The lowest BCUT2D eigenvalue weighted by molar-refractivity contribution is -0.628. The maximum atomic E-state index is 13.8. The average molecular weight is 581 g/mol. The molecule has 0 saturated heterocycles. The number of pyridine rings is 1. The Morgan fingerprint density at radius 1 is 0.902 bits per heavy atom. The van der Waals surface area contributed by atoms with Crippen LogP contribution >= 0.6 is 11.5 Å². The summed E-state index contributed by atoms with van der Waals surface area (Å²) in [5, 5.41) is 28.3. The van der Waals surface area contributed by atoms with Gasteiger partial charge in [0.25, 0.3) is 0 Å². The van der Waals surface area contributed by atoms with Crippen LogP contribution in [-0.2, 0) is 19.4 Å². The molecule has 41 heavy (non-hydrogen) atoms. The summed E-state index contributed by atoms with van der Waals surface area (Å²) in [5.74, 6) is -0.174. The third-order valence-electron chi connectivity index (χ3n) is 5.93. The van der Waals surface area contributed by atoms with Gasteiger partial charge in [0.2, 0.25) is 5.75 Å². The zero-order chi connectivity index (χ0) is 29.0. The molecule has 9 nitrogen and oxygen atoms in total. The molecular weight excluding hydrogens is 561 g/mol. The van der Waals surface area contributed by atoms with E-state index in [4.69, 9.17) is 9.47 Å². The molecule has 0 aliphatic carbocycles. The van der Waals surface area contributed by atoms with Gasteiger partial charge < -0.3 is 14.7 Å². The Morgan fingerprint density at radius 3 is 2.15 bits per heavy atom. The molecule has 0 bridgehead atoms. The lowest BCUT2D eigenvalue weighted by atomic mass is 10.0. The largest absolute Gasteiger partial charge is 0.618 e. The molecule has 208 valence electrons. The van der Waals surface area contributed by atoms with Crippen molar-refractivity contribution in [2.24, 2.45) is 0 Å². The van der Waals surface area contributed by atoms with Crippen LogP contribution in [0.25, 0.3) is 21.7 Å². The number of aromatic nitrogens is 3. The summed E-state index contributed by atoms with van der Waals surface area (Å²) < 4.78 is 56.8. The molecule has 0 fully saturated rings. The highest BCUT2D eigenvalue weighted by Gasteiger charge is 2.44. The minimum atomic E-state index is -4.98. The van der Waals surface area contributed by atoms with Crippen molar-refractivity contribution >= 4 is 17.2 Å². The lowest BCUT2D eigenvalue weighted by Crippen LogP contribution is -2.37. The van der Waals surface area contributed by atoms with Crippen molar-refractivity contribution in [2.75, 3.05) is 0 Å².